The Bertz CT molecular complexity index is 592. The van der Waals surface area contributed by atoms with E-state index in [0.29, 0.717) is 6.61 Å². The largest absolute Gasteiger partial charge is 0.493 e. The first-order valence-corrected chi connectivity index (χ1v) is 8.17. The molecular formula is C19H26O3. The SMILES string of the molecule is CCCCOc1cc(OC)c(OCCCC)c2ccccc12. The average Bonchev–Trinajstić information content (AvgIpc) is 2.56. The molecule has 0 spiro atoms. The Labute approximate surface area is 133 Å². The minimum absolute atomic E-state index is 0.701. The molecule has 0 aliphatic rings. The van der Waals surface area contributed by atoms with E-state index in [0.717, 1.165) is 60.3 Å². The molecule has 22 heavy (non-hydrogen) atoms. The molecule has 0 unspecified atom stereocenters. The van der Waals surface area contributed by atoms with Gasteiger partial charge in [-0.15, -0.1) is 0 Å². The van der Waals surface area contributed by atoms with Crippen LogP contribution in [-0.2, 0) is 0 Å². The van der Waals surface area contributed by atoms with E-state index in [2.05, 4.69) is 26.0 Å². The molecule has 3 heteroatoms. The molecule has 0 amide bonds. The van der Waals surface area contributed by atoms with E-state index in [-0.39, 0.29) is 0 Å². The van der Waals surface area contributed by atoms with E-state index >= 15 is 0 Å². The predicted octanol–water partition coefficient (Wildman–Crippen LogP) is 5.21. The van der Waals surface area contributed by atoms with Crippen molar-refractivity contribution in [2.45, 2.75) is 39.5 Å². The van der Waals surface area contributed by atoms with Gasteiger partial charge in [0, 0.05) is 16.8 Å². The monoisotopic (exact) mass is 302 g/mol. The van der Waals surface area contributed by atoms with Crippen LogP contribution in [0.5, 0.6) is 17.2 Å². The summed E-state index contributed by atoms with van der Waals surface area (Å²) in [5.41, 5.74) is 0. The number of rotatable bonds is 9. The van der Waals surface area contributed by atoms with Crippen LogP contribution >= 0.6 is 0 Å². The van der Waals surface area contributed by atoms with Gasteiger partial charge in [-0.25, -0.2) is 0 Å². The summed E-state index contributed by atoms with van der Waals surface area (Å²) in [5, 5.41) is 2.12. The first-order valence-electron chi connectivity index (χ1n) is 8.17. The highest BCUT2D eigenvalue weighted by Crippen LogP contribution is 2.41. The second-order valence-electron chi connectivity index (χ2n) is 5.36. The maximum absolute atomic E-state index is 5.98. The molecule has 120 valence electrons. The highest BCUT2D eigenvalue weighted by molar-refractivity contribution is 5.95. The normalized spacial score (nSPS) is 10.7. The average molecular weight is 302 g/mol. The molecule has 2 aromatic rings. The van der Waals surface area contributed by atoms with Gasteiger partial charge < -0.3 is 14.2 Å². The molecule has 0 bridgehead atoms. The summed E-state index contributed by atoms with van der Waals surface area (Å²) >= 11 is 0. The number of methoxy groups -OCH3 is 1. The van der Waals surface area contributed by atoms with Crippen LogP contribution in [0.4, 0.5) is 0 Å². The van der Waals surface area contributed by atoms with Gasteiger partial charge in [0.25, 0.3) is 0 Å². The molecule has 0 N–H and O–H groups in total. The minimum atomic E-state index is 0.701. The van der Waals surface area contributed by atoms with Crippen LogP contribution in [0.25, 0.3) is 10.8 Å². The zero-order valence-electron chi connectivity index (χ0n) is 13.9. The second kappa shape index (κ2) is 8.52. The van der Waals surface area contributed by atoms with Crippen molar-refractivity contribution in [1.29, 1.82) is 0 Å². The van der Waals surface area contributed by atoms with Crippen molar-refractivity contribution in [2.75, 3.05) is 20.3 Å². The summed E-state index contributed by atoms with van der Waals surface area (Å²) in [6.07, 6.45) is 4.31. The van der Waals surface area contributed by atoms with Gasteiger partial charge in [-0.1, -0.05) is 51.0 Å². The van der Waals surface area contributed by atoms with Gasteiger partial charge in [0.2, 0.25) is 0 Å². The smallest absolute Gasteiger partial charge is 0.169 e. The van der Waals surface area contributed by atoms with Crippen LogP contribution in [-0.4, -0.2) is 20.3 Å². The molecule has 0 aliphatic heterocycles. The summed E-state index contributed by atoms with van der Waals surface area (Å²) in [4.78, 5) is 0. The van der Waals surface area contributed by atoms with E-state index in [9.17, 15) is 0 Å². The second-order valence-corrected chi connectivity index (χ2v) is 5.36. The van der Waals surface area contributed by atoms with Gasteiger partial charge in [-0.3, -0.25) is 0 Å². The lowest BCUT2D eigenvalue weighted by molar-refractivity contribution is 0.287. The molecule has 0 heterocycles. The lowest BCUT2D eigenvalue weighted by atomic mass is 10.1. The predicted molar refractivity (Wildman–Crippen MR) is 91.3 cm³/mol. The summed E-state index contributed by atoms with van der Waals surface area (Å²) in [7, 11) is 1.67. The van der Waals surface area contributed by atoms with Gasteiger partial charge in [0.1, 0.15) is 5.75 Å². The molecule has 0 fully saturated rings. The lowest BCUT2D eigenvalue weighted by Crippen LogP contribution is -2.02. The molecule has 3 nitrogen and oxygen atoms in total. The molecule has 2 rings (SSSR count). The van der Waals surface area contributed by atoms with Crippen molar-refractivity contribution in [1.82, 2.24) is 0 Å². The Kier molecular flexibility index (Phi) is 6.38. The van der Waals surface area contributed by atoms with Crippen LogP contribution in [0.1, 0.15) is 39.5 Å². The number of benzene rings is 2. The fraction of sp³-hybridized carbons (Fsp3) is 0.474. The standard InChI is InChI=1S/C19H26O3/c1-4-6-12-21-17-14-18(20-3)19(22-13-7-5-2)16-11-9-8-10-15(16)17/h8-11,14H,4-7,12-13H2,1-3H3. The maximum atomic E-state index is 5.98. The minimum Gasteiger partial charge on any atom is -0.493 e. The van der Waals surface area contributed by atoms with Crippen molar-refractivity contribution < 1.29 is 14.2 Å². The number of hydrogen-bond acceptors (Lipinski definition) is 3. The summed E-state index contributed by atoms with van der Waals surface area (Å²) in [5.74, 6) is 2.42. The van der Waals surface area contributed by atoms with Crippen molar-refractivity contribution in [2.24, 2.45) is 0 Å². The third kappa shape index (κ3) is 3.85. The van der Waals surface area contributed by atoms with Crippen molar-refractivity contribution in [3.63, 3.8) is 0 Å². The van der Waals surface area contributed by atoms with Gasteiger partial charge in [-0.2, -0.15) is 0 Å². The molecule has 2 aromatic carbocycles. The zero-order valence-corrected chi connectivity index (χ0v) is 13.9. The van der Waals surface area contributed by atoms with Crippen LogP contribution in [0.3, 0.4) is 0 Å². The van der Waals surface area contributed by atoms with Gasteiger partial charge >= 0.3 is 0 Å². The number of hydrogen-bond donors (Lipinski definition) is 0. The van der Waals surface area contributed by atoms with Gasteiger partial charge in [0.05, 0.1) is 20.3 Å². The number of unbranched alkanes of at least 4 members (excludes halogenated alkanes) is 2. The van der Waals surface area contributed by atoms with Crippen molar-refractivity contribution in [3.05, 3.63) is 30.3 Å². The van der Waals surface area contributed by atoms with E-state index in [4.69, 9.17) is 14.2 Å². The van der Waals surface area contributed by atoms with Crippen LogP contribution in [0.2, 0.25) is 0 Å². The molecule has 0 aliphatic carbocycles. The molecule has 0 atom stereocenters. The molecular weight excluding hydrogens is 276 g/mol. The van der Waals surface area contributed by atoms with Crippen molar-refractivity contribution in [3.8, 4) is 17.2 Å². The Morgan fingerprint density at radius 3 is 2.09 bits per heavy atom. The van der Waals surface area contributed by atoms with E-state index in [1.165, 1.54) is 0 Å². The third-order valence-corrected chi connectivity index (χ3v) is 3.64. The number of fused-ring (bicyclic) bond motifs is 1. The Morgan fingerprint density at radius 1 is 0.818 bits per heavy atom. The van der Waals surface area contributed by atoms with Gasteiger partial charge in [0.15, 0.2) is 11.5 Å². The Morgan fingerprint density at radius 2 is 1.45 bits per heavy atom. The topological polar surface area (TPSA) is 27.7 Å². The zero-order chi connectivity index (χ0) is 15.8. The summed E-state index contributed by atoms with van der Waals surface area (Å²) in [6.45, 7) is 5.74. The van der Waals surface area contributed by atoms with E-state index in [1.807, 2.05) is 18.2 Å². The molecule has 0 radical (unpaired) electrons. The summed E-state index contributed by atoms with van der Waals surface area (Å²) in [6, 6.07) is 10.1. The highest BCUT2D eigenvalue weighted by Gasteiger charge is 2.14. The van der Waals surface area contributed by atoms with Crippen LogP contribution in [0, 0.1) is 0 Å². The molecule has 0 aromatic heterocycles. The first-order chi connectivity index (χ1) is 10.8. The summed E-state index contributed by atoms with van der Waals surface area (Å²) < 4.78 is 17.5. The van der Waals surface area contributed by atoms with Crippen LogP contribution < -0.4 is 14.2 Å². The first kappa shape index (κ1) is 16.5. The number of ether oxygens (including phenoxy) is 3. The van der Waals surface area contributed by atoms with E-state index in [1.54, 1.807) is 7.11 Å². The fourth-order valence-electron chi connectivity index (χ4n) is 2.36. The Balaban J connectivity index is 2.39. The Hall–Kier alpha value is -1.90. The van der Waals surface area contributed by atoms with Crippen molar-refractivity contribution >= 4 is 10.8 Å². The highest BCUT2D eigenvalue weighted by atomic mass is 16.5. The fourth-order valence-corrected chi connectivity index (χ4v) is 2.36. The van der Waals surface area contributed by atoms with Crippen LogP contribution in [0.15, 0.2) is 30.3 Å². The molecule has 0 saturated heterocycles. The quantitative estimate of drug-likeness (QED) is 0.595. The van der Waals surface area contributed by atoms with E-state index < -0.39 is 0 Å². The molecule has 0 saturated carbocycles. The lowest BCUT2D eigenvalue weighted by Gasteiger charge is -2.17. The maximum Gasteiger partial charge on any atom is 0.169 e. The van der Waals surface area contributed by atoms with Gasteiger partial charge in [-0.05, 0) is 12.8 Å². The third-order valence-electron chi connectivity index (χ3n) is 3.64.